The third-order valence-electron chi connectivity index (χ3n) is 3.12. The van der Waals surface area contributed by atoms with E-state index in [0.717, 1.165) is 18.2 Å². The number of carbonyl (C=O) groups excluding carboxylic acids is 1. The monoisotopic (exact) mass is 373 g/mol. The van der Waals surface area contributed by atoms with E-state index in [4.69, 9.17) is 0 Å². The van der Waals surface area contributed by atoms with Crippen LogP contribution in [0.4, 0.5) is 34.6 Å². The highest BCUT2D eigenvalue weighted by atomic mass is 19.4. The van der Waals surface area contributed by atoms with Crippen molar-refractivity contribution in [1.82, 2.24) is 0 Å². The fraction of sp³-hybridized carbons (Fsp3) is 0.0714. The highest BCUT2D eigenvalue weighted by molar-refractivity contribution is 6.05. The van der Waals surface area contributed by atoms with Crippen LogP contribution in [-0.4, -0.2) is 15.8 Å². The molecule has 2 rings (SSSR count). The second kappa shape index (κ2) is 6.74. The van der Waals surface area contributed by atoms with Crippen LogP contribution in [-0.2, 0) is 6.18 Å². The maximum absolute atomic E-state index is 13.2. The van der Waals surface area contributed by atoms with E-state index in [-0.39, 0.29) is 0 Å². The second-order valence-electron chi connectivity index (χ2n) is 4.90. The van der Waals surface area contributed by atoms with E-state index < -0.39 is 55.9 Å². The average molecular weight is 373 g/mol. The molecule has 0 bridgehead atoms. The van der Waals surface area contributed by atoms with Gasteiger partial charge in [0.1, 0.15) is 5.82 Å². The smallest absolute Gasteiger partial charge is 0.322 e. The van der Waals surface area contributed by atoms with Crippen LogP contribution in [0.1, 0.15) is 15.9 Å². The first-order chi connectivity index (χ1) is 12.0. The highest BCUT2D eigenvalue weighted by Gasteiger charge is 2.34. The molecule has 0 saturated heterocycles. The lowest BCUT2D eigenvalue weighted by molar-refractivity contribution is -0.394. The number of hydrogen-bond acceptors (Lipinski definition) is 5. The van der Waals surface area contributed by atoms with Crippen LogP contribution in [0.3, 0.4) is 0 Å². The lowest BCUT2D eigenvalue weighted by Crippen LogP contribution is -2.14. The average Bonchev–Trinajstić information content (AvgIpc) is 2.55. The molecule has 0 unspecified atom stereocenters. The summed E-state index contributed by atoms with van der Waals surface area (Å²) in [5.41, 5.74) is -4.10. The third kappa shape index (κ3) is 4.09. The number of benzene rings is 2. The number of halogens is 4. The maximum atomic E-state index is 13.2. The van der Waals surface area contributed by atoms with E-state index >= 15 is 0 Å². The van der Waals surface area contributed by atoms with Gasteiger partial charge >= 0.3 is 6.18 Å². The van der Waals surface area contributed by atoms with Gasteiger partial charge < -0.3 is 5.32 Å². The predicted octanol–water partition coefficient (Wildman–Crippen LogP) is 3.91. The summed E-state index contributed by atoms with van der Waals surface area (Å²) in [7, 11) is 0. The molecule has 8 nitrogen and oxygen atoms in total. The van der Waals surface area contributed by atoms with Crippen LogP contribution in [0, 0.1) is 26.0 Å². The number of nitrogens with one attached hydrogen (secondary N) is 1. The highest BCUT2D eigenvalue weighted by Crippen LogP contribution is 2.33. The Hall–Kier alpha value is -3.57. The first kappa shape index (κ1) is 18.8. The minimum absolute atomic E-state index is 0.332. The lowest BCUT2D eigenvalue weighted by atomic mass is 10.1. The van der Waals surface area contributed by atoms with E-state index in [2.05, 4.69) is 0 Å². The Morgan fingerprint density at radius 1 is 0.962 bits per heavy atom. The summed E-state index contributed by atoms with van der Waals surface area (Å²) in [4.78, 5) is 31.7. The van der Waals surface area contributed by atoms with Crippen LogP contribution in [0.25, 0.3) is 0 Å². The maximum Gasteiger partial charge on any atom is 0.419 e. The molecule has 0 atom stereocenters. The van der Waals surface area contributed by atoms with Crippen molar-refractivity contribution < 1.29 is 32.2 Å². The Morgan fingerprint density at radius 2 is 1.50 bits per heavy atom. The van der Waals surface area contributed by atoms with E-state index in [1.165, 1.54) is 0 Å². The zero-order valence-electron chi connectivity index (χ0n) is 12.4. The van der Waals surface area contributed by atoms with Crippen LogP contribution in [0.2, 0.25) is 0 Å². The largest absolute Gasteiger partial charge is 0.419 e. The number of rotatable bonds is 4. The van der Waals surface area contributed by atoms with Crippen molar-refractivity contribution in [3.63, 3.8) is 0 Å². The molecular weight excluding hydrogens is 366 g/mol. The van der Waals surface area contributed by atoms with Gasteiger partial charge in [0, 0.05) is 17.8 Å². The lowest BCUT2D eigenvalue weighted by Gasteiger charge is -2.11. The van der Waals surface area contributed by atoms with Crippen LogP contribution in [0.5, 0.6) is 0 Å². The summed E-state index contributed by atoms with van der Waals surface area (Å²) in [5.74, 6) is -2.70. The number of amides is 1. The minimum atomic E-state index is -5.00. The molecule has 1 amide bonds. The van der Waals surface area contributed by atoms with Crippen molar-refractivity contribution in [3.8, 4) is 0 Å². The summed E-state index contributed by atoms with van der Waals surface area (Å²) in [6.45, 7) is 0. The molecule has 2 aromatic rings. The Morgan fingerprint density at radius 3 is 1.96 bits per heavy atom. The molecule has 1 N–H and O–H groups in total. The SMILES string of the molecule is O=C(Nc1ccc(F)c(C(F)(F)F)c1)c1cc([N+](=O)[O-])cc([N+](=O)[O-])c1. The number of non-ortho nitro benzene ring substituents is 2. The van der Waals surface area contributed by atoms with Gasteiger partial charge in [-0.3, -0.25) is 25.0 Å². The summed E-state index contributed by atoms with van der Waals surface area (Å²) < 4.78 is 51.2. The number of nitro benzene ring substituents is 2. The fourth-order valence-electron chi connectivity index (χ4n) is 1.96. The Balaban J connectivity index is 2.39. The summed E-state index contributed by atoms with van der Waals surface area (Å²) in [6, 6.07) is 3.71. The molecule has 12 heteroatoms. The van der Waals surface area contributed by atoms with Crippen molar-refractivity contribution in [2.24, 2.45) is 0 Å². The van der Waals surface area contributed by atoms with Crippen molar-refractivity contribution in [2.45, 2.75) is 6.18 Å². The van der Waals surface area contributed by atoms with Crippen molar-refractivity contribution in [1.29, 1.82) is 0 Å². The number of hydrogen-bond donors (Lipinski definition) is 1. The van der Waals surface area contributed by atoms with Gasteiger partial charge in [0.2, 0.25) is 0 Å². The summed E-state index contributed by atoms with van der Waals surface area (Å²) in [6.07, 6.45) is -5.00. The van der Waals surface area contributed by atoms with Crippen molar-refractivity contribution in [3.05, 3.63) is 73.6 Å². The molecule has 0 aliphatic rings. The third-order valence-corrected chi connectivity index (χ3v) is 3.12. The number of carbonyl (C=O) groups is 1. The first-order valence-corrected chi connectivity index (χ1v) is 6.61. The Bertz CT molecular complexity index is 882. The van der Waals surface area contributed by atoms with Gasteiger partial charge in [-0.05, 0) is 18.2 Å². The molecule has 0 radical (unpaired) electrons. The topological polar surface area (TPSA) is 115 Å². The molecular formula is C14H7F4N3O5. The zero-order valence-corrected chi connectivity index (χ0v) is 12.4. The normalized spacial score (nSPS) is 11.1. The van der Waals surface area contributed by atoms with Crippen molar-refractivity contribution in [2.75, 3.05) is 5.32 Å². The molecule has 0 aromatic heterocycles. The van der Waals surface area contributed by atoms with Gasteiger partial charge in [-0.2, -0.15) is 13.2 Å². The zero-order chi connectivity index (χ0) is 19.6. The van der Waals surface area contributed by atoms with Gasteiger partial charge in [0.25, 0.3) is 17.3 Å². The second-order valence-corrected chi connectivity index (χ2v) is 4.90. The molecule has 2 aromatic carbocycles. The molecule has 0 heterocycles. The quantitative estimate of drug-likeness (QED) is 0.496. The molecule has 0 saturated carbocycles. The minimum Gasteiger partial charge on any atom is -0.322 e. The van der Waals surface area contributed by atoms with E-state index in [0.29, 0.717) is 18.2 Å². The molecule has 0 spiro atoms. The number of nitrogens with zero attached hydrogens (tertiary/aromatic N) is 2. The van der Waals surface area contributed by atoms with Gasteiger partial charge in [-0.25, -0.2) is 4.39 Å². The molecule has 136 valence electrons. The van der Waals surface area contributed by atoms with E-state index in [9.17, 15) is 42.6 Å². The van der Waals surface area contributed by atoms with Crippen LogP contribution >= 0.6 is 0 Å². The van der Waals surface area contributed by atoms with Gasteiger partial charge in [0.15, 0.2) is 0 Å². The van der Waals surface area contributed by atoms with Gasteiger partial charge in [-0.15, -0.1) is 0 Å². The van der Waals surface area contributed by atoms with Crippen molar-refractivity contribution >= 4 is 23.0 Å². The predicted molar refractivity (Wildman–Crippen MR) is 79.1 cm³/mol. The summed E-state index contributed by atoms with van der Waals surface area (Å²) in [5, 5.41) is 23.6. The molecule has 0 aliphatic carbocycles. The van der Waals surface area contributed by atoms with Crippen LogP contribution in [0.15, 0.2) is 36.4 Å². The van der Waals surface area contributed by atoms with Gasteiger partial charge in [0.05, 0.1) is 27.0 Å². The molecule has 26 heavy (non-hydrogen) atoms. The summed E-state index contributed by atoms with van der Waals surface area (Å²) >= 11 is 0. The van der Waals surface area contributed by atoms with Crippen LogP contribution < -0.4 is 5.32 Å². The molecule has 0 fully saturated rings. The number of alkyl halides is 3. The Labute approximate surface area is 141 Å². The van der Waals surface area contributed by atoms with Gasteiger partial charge in [-0.1, -0.05) is 0 Å². The fourth-order valence-corrected chi connectivity index (χ4v) is 1.96. The first-order valence-electron chi connectivity index (χ1n) is 6.61. The standard InChI is InChI=1S/C14H7F4N3O5/c15-12-2-1-8(5-11(12)14(16,17)18)19-13(22)7-3-9(20(23)24)6-10(4-7)21(25)26/h1-6H,(H,19,22). The number of anilines is 1. The van der Waals surface area contributed by atoms with E-state index in [1.807, 2.05) is 5.32 Å². The molecule has 0 aliphatic heterocycles. The Kier molecular flexibility index (Phi) is 4.86. The number of nitro groups is 2. The van der Waals surface area contributed by atoms with E-state index in [1.54, 1.807) is 0 Å².